The van der Waals surface area contributed by atoms with Crippen LogP contribution in [0, 0.1) is 12.8 Å². The molecule has 0 aliphatic heterocycles. The Morgan fingerprint density at radius 3 is 2.33 bits per heavy atom. The number of hydrogen-bond acceptors (Lipinski definition) is 2. The molecule has 0 radical (unpaired) electrons. The second kappa shape index (κ2) is 5.50. The SMILES string of the molecule is Cc1nnc(Cl)n1C(C)CCCC(C)C. The van der Waals surface area contributed by atoms with Gasteiger partial charge in [0.25, 0.3) is 0 Å². The van der Waals surface area contributed by atoms with Gasteiger partial charge < -0.3 is 0 Å². The fourth-order valence-corrected chi connectivity index (χ4v) is 2.12. The third-order valence-electron chi connectivity index (χ3n) is 2.67. The van der Waals surface area contributed by atoms with Crippen LogP contribution in [0.2, 0.25) is 5.28 Å². The van der Waals surface area contributed by atoms with Crippen LogP contribution in [0.15, 0.2) is 0 Å². The van der Waals surface area contributed by atoms with Crippen LogP contribution in [0.1, 0.15) is 51.9 Å². The van der Waals surface area contributed by atoms with Crippen molar-refractivity contribution >= 4 is 11.6 Å². The maximum atomic E-state index is 5.97. The van der Waals surface area contributed by atoms with Crippen LogP contribution in [0.3, 0.4) is 0 Å². The fourth-order valence-electron chi connectivity index (χ4n) is 1.79. The zero-order valence-electron chi connectivity index (χ0n) is 10.00. The molecule has 0 amide bonds. The van der Waals surface area contributed by atoms with Crippen LogP contribution >= 0.6 is 11.6 Å². The van der Waals surface area contributed by atoms with Crippen LogP contribution in [0.5, 0.6) is 0 Å². The second-order valence-corrected chi connectivity index (χ2v) is 4.90. The minimum absolute atomic E-state index is 0.395. The standard InChI is InChI=1S/C11H20ClN3/c1-8(2)6-5-7-9(3)15-10(4)13-14-11(15)12/h8-9H,5-7H2,1-4H3. The largest absolute Gasteiger partial charge is 0.299 e. The molecule has 1 rings (SSSR count). The van der Waals surface area contributed by atoms with Crippen molar-refractivity contribution in [1.29, 1.82) is 0 Å². The van der Waals surface area contributed by atoms with Crippen molar-refractivity contribution < 1.29 is 0 Å². The number of halogens is 1. The highest BCUT2D eigenvalue weighted by atomic mass is 35.5. The molecule has 1 atom stereocenters. The van der Waals surface area contributed by atoms with Gasteiger partial charge >= 0.3 is 0 Å². The number of hydrogen-bond donors (Lipinski definition) is 0. The van der Waals surface area contributed by atoms with Gasteiger partial charge in [-0.2, -0.15) is 0 Å². The minimum atomic E-state index is 0.395. The van der Waals surface area contributed by atoms with Crippen molar-refractivity contribution in [2.45, 2.75) is 53.0 Å². The van der Waals surface area contributed by atoms with Gasteiger partial charge in [0.1, 0.15) is 5.82 Å². The number of aryl methyl sites for hydroxylation is 1. The summed E-state index contributed by atoms with van der Waals surface area (Å²) in [7, 11) is 0. The maximum absolute atomic E-state index is 5.97. The first-order valence-electron chi connectivity index (χ1n) is 5.59. The number of rotatable bonds is 5. The summed E-state index contributed by atoms with van der Waals surface area (Å²) in [6.45, 7) is 8.61. The number of aromatic nitrogens is 3. The quantitative estimate of drug-likeness (QED) is 0.772. The highest BCUT2D eigenvalue weighted by Gasteiger charge is 2.12. The molecule has 0 N–H and O–H groups in total. The summed E-state index contributed by atoms with van der Waals surface area (Å²) >= 11 is 5.97. The predicted molar refractivity (Wildman–Crippen MR) is 63.2 cm³/mol. The average Bonchev–Trinajstić information content (AvgIpc) is 2.45. The summed E-state index contributed by atoms with van der Waals surface area (Å²) < 4.78 is 2.00. The summed E-state index contributed by atoms with van der Waals surface area (Å²) in [5.74, 6) is 1.67. The molecular formula is C11H20ClN3. The molecule has 0 fully saturated rings. The molecule has 1 aromatic rings. The molecule has 1 heterocycles. The molecule has 86 valence electrons. The molecule has 15 heavy (non-hydrogen) atoms. The first kappa shape index (κ1) is 12.5. The minimum Gasteiger partial charge on any atom is -0.299 e. The smallest absolute Gasteiger partial charge is 0.225 e. The van der Waals surface area contributed by atoms with Crippen LogP contribution < -0.4 is 0 Å². The lowest BCUT2D eigenvalue weighted by atomic mass is 10.0. The highest BCUT2D eigenvalue weighted by Crippen LogP contribution is 2.21. The summed E-state index contributed by atoms with van der Waals surface area (Å²) in [4.78, 5) is 0. The molecule has 0 aliphatic rings. The number of nitrogens with zero attached hydrogens (tertiary/aromatic N) is 3. The molecule has 0 saturated heterocycles. The first-order chi connectivity index (χ1) is 7.02. The van der Waals surface area contributed by atoms with E-state index in [1.807, 2.05) is 11.5 Å². The molecule has 0 saturated carbocycles. The summed E-state index contributed by atoms with van der Waals surface area (Å²) in [6, 6.07) is 0.395. The Hall–Kier alpha value is -0.570. The molecule has 1 unspecified atom stereocenters. The van der Waals surface area contributed by atoms with Crippen LogP contribution in [-0.4, -0.2) is 14.8 Å². The lowest BCUT2D eigenvalue weighted by molar-refractivity contribution is 0.441. The van der Waals surface area contributed by atoms with Crippen molar-refractivity contribution in [3.63, 3.8) is 0 Å². The van der Waals surface area contributed by atoms with E-state index in [9.17, 15) is 0 Å². The van der Waals surface area contributed by atoms with Crippen molar-refractivity contribution in [1.82, 2.24) is 14.8 Å². The lowest BCUT2D eigenvalue weighted by Gasteiger charge is -2.15. The van der Waals surface area contributed by atoms with Crippen LogP contribution in [0.25, 0.3) is 0 Å². The molecule has 0 bridgehead atoms. The molecule has 4 heteroatoms. The zero-order valence-corrected chi connectivity index (χ0v) is 10.8. The van der Waals surface area contributed by atoms with Crippen molar-refractivity contribution in [2.24, 2.45) is 5.92 Å². The van der Waals surface area contributed by atoms with Crippen molar-refractivity contribution in [2.75, 3.05) is 0 Å². The Labute approximate surface area is 96.8 Å². The topological polar surface area (TPSA) is 30.7 Å². The Balaban J connectivity index is 2.50. The third kappa shape index (κ3) is 3.49. The normalized spacial score (nSPS) is 13.5. The summed E-state index contributed by atoms with van der Waals surface area (Å²) in [6.07, 6.45) is 3.63. The molecule has 3 nitrogen and oxygen atoms in total. The molecule has 0 spiro atoms. The van der Waals surface area contributed by atoms with E-state index >= 15 is 0 Å². The third-order valence-corrected chi connectivity index (χ3v) is 2.93. The van der Waals surface area contributed by atoms with E-state index in [1.165, 1.54) is 12.8 Å². The van der Waals surface area contributed by atoms with Gasteiger partial charge in [0.2, 0.25) is 5.28 Å². The molecule has 0 aliphatic carbocycles. The predicted octanol–water partition coefficient (Wildman–Crippen LogP) is 3.63. The van der Waals surface area contributed by atoms with Gasteiger partial charge in [-0.05, 0) is 37.8 Å². The van der Waals surface area contributed by atoms with Gasteiger partial charge in [0.05, 0.1) is 0 Å². The van der Waals surface area contributed by atoms with E-state index in [1.54, 1.807) is 0 Å². The highest BCUT2D eigenvalue weighted by molar-refractivity contribution is 6.28. The first-order valence-corrected chi connectivity index (χ1v) is 5.97. The Morgan fingerprint density at radius 2 is 1.87 bits per heavy atom. The van der Waals surface area contributed by atoms with Crippen molar-refractivity contribution in [3.05, 3.63) is 11.1 Å². The van der Waals surface area contributed by atoms with E-state index in [-0.39, 0.29) is 0 Å². The molecule has 0 aromatic carbocycles. The van der Waals surface area contributed by atoms with E-state index < -0.39 is 0 Å². The van der Waals surface area contributed by atoms with Crippen LogP contribution in [-0.2, 0) is 0 Å². The van der Waals surface area contributed by atoms with Gasteiger partial charge in [0, 0.05) is 6.04 Å². The lowest BCUT2D eigenvalue weighted by Crippen LogP contribution is -2.07. The summed E-state index contributed by atoms with van der Waals surface area (Å²) in [5, 5.41) is 8.32. The second-order valence-electron chi connectivity index (χ2n) is 4.56. The zero-order chi connectivity index (χ0) is 11.4. The van der Waals surface area contributed by atoms with Gasteiger partial charge in [0.15, 0.2) is 0 Å². The van der Waals surface area contributed by atoms with Gasteiger partial charge in [-0.15, -0.1) is 10.2 Å². The van der Waals surface area contributed by atoms with Crippen molar-refractivity contribution in [3.8, 4) is 0 Å². The monoisotopic (exact) mass is 229 g/mol. The van der Waals surface area contributed by atoms with E-state index in [0.29, 0.717) is 11.3 Å². The van der Waals surface area contributed by atoms with E-state index in [2.05, 4.69) is 31.0 Å². The molecular weight excluding hydrogens is 210 g/mol. The molecule has 1 aromatic heterocycles. The van der Waals surface area contributed by atoms with Crippen LogP contribution in [0.4, 0.5) is 0 Å². The van der Waals surface area contributed by atoms with Gasteiger partial charge in [-0.3, -0.25) is 4.57 Å². The average molecular weight is 230 g/mol. The Bertz CT molecular complexity index is 287. The van der Waals surface area contributed by atoms with Gasteiger partial charge in [-0.25, -0.2) is 0 Å². The van der Waals surface area contributed by atoms with Gasteiger partial charge in [-0.1, -0.05) is 26.7 Å². The summed E-state index contributed by atoms with van der Waals surface area (Å²) in [5.41, 5.74) is 0. The maximum Gasteiger partial charge on any atom is 0.225 e. The Morgan fingerprint density at radius 1 is 1.20 bits per heavy atom. The van der Waals surface area contributed by atoms with E-state index in [4.69, 9.17) is 11.6 Å². The Kier molecular flexibility index (Phi) is 4.58. The van der Waals surface area contributed by atoms with E-state index in [0.717, 1.165) is 18.2 Å². The fraction of sp³-hybridized carbons (Fsp3) is 0.818.